The molecule has 2 N–H and O–H groups in total. The van der Waals surface area contributed by atoms with Crippen molar-refractivity contribution in [3.05, 3.63) is 60.3 Å². The minimum absolute atomic E-state index is 0.322. The Morgan fingerprint density at radius 3 is 2.52 bits per heavy atom. The molecule has 144 valence electrons. The lowest BCUT2D eigenvalue weighted by molar-refractivity contribution is 0.395. The Labute approximate surface area is 161 Å². The Kier molecular flexibility index (Phi) is 6.31. The summed E-state index contributed by atoms with van der Waals surface area (Å²) in [4.78, 5) is 5.97. The number of benzene rings is 2. The van der Waals surface area contributed by atoms with Crippen LogP contribution in [0.3, 0.4) is 0 Å². The second-order valence-corrected chi connectivity index (χ2v) is 8.88. The fourth-order valence-corrected chi connectivity index (χ4v) is 4.74. The molecule has 0 radical (unpaired) electrons. The van der Waals surface area contributed by atoms with Crippen molar-refractivity contribution in [2.24, 2.45) is 0 Å². The lowest BCUT2D eigenvalue weighted by Crippen LogP contribution is -2.23. The van der Waals surface area contributed by atoms with Crippen LogP contribution in [0.1, 0.15) is 12.0 Å². The van der Waals surface area contributed by atoms with E-state index in [0.29, 0.717) is 9.79 Å². The zero-order valence-electron chi connectivity index (χ0n) is 15.9. The van der Waals surface area contributed by atoms with Crippen molar-refractivity contribution in [2.45, 2.75) is 22.6 Å². The van der Waals surface area contributed by atoms with E-state index in [2.05, 4.69) is 29.3 Å². The van der Waals surface area contributed by atoms with Gasteiger partial charge in [-0.3, -0.25) is 0 Å². The van der Waals surface area contributed by atoms with Gasteiger partial charge in [-0.25, -0.2) is 8.42 Å². The number of fused-ring (bicyclic) bond motifs is 1. The van der Waals surface area contributed by atoms with Gasteiger partial charge in [0, 0.05) is 17.1 Å². The second kappa shape index (κ2) is 8.69. The molecular formula is C21H27N3O2S. The summed E-state index contributed by atoms with van der Waals surface area (Å²) in [6, 6.07) is 14.5. The van der Waals surface area contributed by atoms with Gasteiger partial charge in [0.25, 0.3) is 0 Å². The van der Waals surface area contributed by atoms with Crippen LogP contribution < -0.4 is 5.32 Å². The van der Waals surface area contributed by atoms with E-state index in [9.17, 15) is 8.42 Å². The summed E-state index contributed by atoms with van der Waals surface area (Å²) in [5, 5.41) is 4.25. The molecular weight excluding hydrogens is 358 g/mol. The third kappa shape index (κ3) is 4.58. The number of aromatic amines is 1. The van der Waals surface area contributed by atoms with Crippen LogP contribution in [0.4, 0.5) is 0 Å². The molecule has 0 atom stereocenters. The zero-order valence-corrected chi connectivity index (χ0v) is 16.7. The van der Waals surface area contributed by atoms with E-state index in [4.69, 9.17) is 0 Å². The van der Waals surface area contributed by atoms with Gasteiger partial charge in [-0.1, -0.05) is 30.3 Å². The Morgan fingerprint density at radius 1 is 1.00 bits per heavy atom. The van der Waals surface area contributed by atoms with Gasteiger partial charge >= 0.3 is 0 Å². The standard InChI is InChI=1S/C21H27N3O2S/c1-24(2)15-7-13-22-14-12-17-8-6-11-19-21(17)20(16-23-19)27(25,26)18-9-4-3-5-10-18/h3-6,8-11,16,22-23H,7,12-15H2,1-2H3. The fourth-order valence-electron chi connectivity index (χ4n) is 3.24. The molecule has 0 aliphatic heterocycles. The SMILES string of the molecule is CN(C)CCCNCCc1cccc2[nH]cc(S(=O)(=O)c3ccccc3)c12. The van der Waals surface area contributed by atoms with Crippen LogP contribution in [-0.2, 0) is 16.3 Å². The molecule has 5 nitrogen and oxygen atoms in total. The van der Waals surface area contributed by atoms with Gasteiger partial charge in [0.15, 0.2) is 0 Å². The molecule has 3 aromatic rings. The van der Waals surface area contributed by atoms with Crippen molar-refractivity contribution >= 4 is 20.7 Å². The summed E-state index contributed by atoms with van der Waals surface area (Å²) in [7, 11) is 0.591. The van der Waals surface area contributed by atoms with Gasteiger partial charge in [0.05, 0.1) is 9.79 Å². The monoisotopic (exact) mass is 385 g/mol. The molecule has 0 spiro atoms. The molecule has 0 saturated carbocycles. The quantitative estimate of drug-likeness (QED) is 0.556. The Hall–Kier alpha value is -2.15. The minimum atomic E-state index is -3.55. The van der Waals surface area contributed by atoms with E-state index in [1.807, 2.05) is 24.3 Å². The van der Waals surface area contributed by atoms with E-state index in [1.165, 1.54) is 0 Å². The van der Waals surface area contributed by atoms with Crippen molar-refractivity contribution in [1.82, 2.24) is 15.2 Å². The Balaban J connectivity index is 1.81. The van der Waals surface area contributed by atoms with E-state index < -0.39 is 9.84 Å². The molecule has 0 unspecified atom stereocenters. The van der Waals surface area contributed by atoms with Crippen LogP contribution in [0, 0.1) is 0 Å². The maximum atomic E-state index is 13.1. The van der Waals surface area contributed by atoms with Crippen LogP contribution in [0.15, 0.2) is 64.5 Å². The van der Waals surface area contributed by atoms with Crippen molar-refractivity contribution < 1.29 is 8.42 Å². The van der Waals surface area contributed by atoms with Crippen LogP contribution in [-0.4, -0.2) is 52.0 Å². The van der Waals surface area contributed by atoms with Crippen LogP contribution in [0.2, 0.25) is 0 Å². The molecule has 27 heavy (non-hydrogen) atoms. The van der Waals surface area contributed by atoms with Crippen molar-refractivity contribution in [3.63, 3.8) is 0 Å². The van der Waals surface area contributed by atoms with E-state index in [-0.39, 0.29) is 0 Å². The smallest absolute Gasteiger partial charge is 0.208 e. The second-order valence-electron chi connectivity index (χ2n) is 6.97. The van der Waals surface area contributed by atoms with Crippen molar-refractivity contribution in [1.29, 1.82) is 0 Å². The number of nitrogens with one attached hydrogen (secondary N) is 2. The first-order chi connectivity index (χ1) is 13.0. The van der Waals surface area contributed by atoms with Crippen LogP contribution >= 0.6 is 0 Å². The number of hydrogen-bond acceptors (Lipinski definition) is 4. The van der Waals surface area contributed by atoms with E-state index in [1.54, 1.807) is 30.5 Å². The molecule has 1 heterocycles. The predicted octanol–water partition coefficient (Wildman–Crippen LogP) is 3.08. The van der Waals surface area contributed by atoms with Gasteiger partial charge in [0.1, 0.15) is 0 Å². The Morgan fingerprint density at radius 2 is 1.78 bits per heavy atom. The van der Waals surface area contributed by atoms with Gasteiger partial charge in [0.2, 0.25) is 9.84 Å². The number of nitrogens with zero attached hydrogens (tertiary/aromatic N) is 1. The minimum Gasteiger partial charge on any atom is -0.360 e. The summed E-state index contributed by atoms with van der Waals surface area (Å²) >= 11 is 0. The normalized spacial score (nSPS) is 12.1. The summed E-state index contributed by atoms with van der Waals surface area (Å²) in [6.07, 6.45) is 3.49. The average molecular weight is 386 g/mol. The highest BCUT2D eigenvalue weighted by Gasteiger charge is 2.22. The fraction of sp³-hybridized carbons (Fsp3) is 0.333. The van der Waals surface area contributed by atoms with Gasteiger partial charge in [-0.2, -0.15) is 0 Å². The lowest BCUT2D eigenvalue weighted by atomic mass is 10.1. The topological polar surface area (TPSA) is 65.2 Å². The highest BCUT2D eigenvalue weighted by Crippen LogP contribution is 2.30. The molecule has 2 aromatic carbocycles. The Bertz CT molecular complexity index is 979. The molecule has 0 bridgehead atoms. The van der Waals surface area contributed by atoms with Gasteiger partial charge in [-0.05, 0) is 70.3 Å². The van der Waals surface area contributed by atoms with Gasteiger partial charge in [-0.15, -0.1) is 0 Å². The predicted molar refractivity (Wildman–Crippen MR) is 110 cm³/mol. The largest absolute Gasteiger partial charge is 0.360 e. The summed E-state index contributed by atoms with van der Waals surface area (Å²) in [5.74, 6) is 0. The molecule has 1 aromatic heterocycles. The zero-order chi connectivity index (χ0) is 19.3. The first-order valence-corrected chi connectivity index (χ1v) is 10.7. The molecule has 0 fully saturated rings. The molecule has 3 rings (SSSR count). The average Bonchev–Trinajstić information content (AvgIpc) is 3.11. The number of hydrogen-bond donors (Lipinski definition) is 2. The highest BCUT2D eigenvalue weighted by atomic mass is 32.2. The molecule has 0 aliphatic rings. The molecule has 0 aliphatic carbocycles. The third-order valence-electron chi connectivity index (χ3n) is 4.63. The number of sulfone groups is 1. The summed E-state index contributed by atoms with van der Waals surface area (Å²) < 4.78 is 26.2. The third-order valence-corrected chi connectivity index (χ3v) is 6.42. The van der Waals surface area contributed by atoms with Crippen LogP contribution in [0.25, 0.3) is 10.9 Å². The summed E-state index contributed by atoms with van der Waals surface area (Å²) in [6.45, 7) is 2.83. The van der Waals surface area contributed by atoms with E-state index in [0.717, 1.165) is 48.9 Å². The first kappa shape index (κ1) is 19.6. The molecule has 0 saturated heterocycles. The number of rotatable bonds is 9. The maximum Gasteiger partial charge on any atom is 0.208 e. The first-order valence-electron chi connectivity index (χ1n) is 9.24. The molecule has 0 amide bonds. The van der Waals surface area contributed by atoms with Gasteiger partial charge < -0.3 is 15.2 Å². The van der Waals surface area contributed by atoms with E-state index >= 15 is 0 Å². The highest BCUT2D eigenvalue weighted by molar-refractivity contribution is 7.91. The van der Waals surface area contributed by atoms with Crippen molar-refractivity contribution in [2.75, 3.05) is 33.7 Å². The number of H-pyrrole nitrogens is 1. The number of aromatic nitrogens is 1. The lowest BCUT2D eigenvalue weighted by Gasteiger charge is -2.11. The van der Waals surface area contributed by atoms with Crippen molar-refractivity contribution in [3.8, 4) is 0 Å². The molecule has 6 heteroatoms. The van der Waals surface area contributed by atoms with Crippen LogP contribution in [0.5, 0.6) is 0 Å². The maximum absolute atomic E-state index is 13.1. The summed E-state index contributed by atoms with van der Waals surface area (Å²) in [5.41, 5.74) is 1.90.